The van der Waals surface area contributed by atoms with Crippen LogP contribution in [0.15, 0.2) is 64.7 Å². The molecule has 30 heavy (non-hydrogen) atoms. The number of nitrogens with one attached hydrogen (secondary N) is 1. The first-order valence-electron chi connectivity index (χ1n) is 9.65. The van der Waals surface area contributed by atoms with Crippen LogP contribution in [0.3, 0.4) is 0 Å². The largest absolute Gasteiger partial charge is 0.368 e. The van der Waals surface area contributed by atoms with Gasteiger partial charge in [-0.05, 0) is 42.5 Å². The van der Waals surface area contributed by atoms with Crippen LogP contribution in [0.4, 0.5) is 10.1 Å². The third-order valence-electron chi connectivity index (χ3n) is 5.30. The zero-order chi connectivity index (χ0) is 21.3. The maximum absolute atomic E-state index is 13.1. The van der Waals surface area contributed by atoms with Crippen LogP contribution in [0, 0.1) is 5.82 Å². The molecule has 0 atom stereocenters. The lowest BCUT2D eigenvalue weighted by Gasteiger charge is -2.36. The molecule has 0 saturated carbocycles. The monoisotopic (exact) mass is 408 g/mol. The average molecular weight is 408 g/mol. The highest BCUT2D eigenvalue weighted by Crippen LogP contribution is 2.18. The van der Waals surface area contributed by atoms with Crippen molar-refractivity contribution in [2.45, 2.75) is 6.54 Å². The topological polar surface area (TPSA) is 78.4 Å². The number of allylic oxidation sites excluding steroid dienone is 1. The number of aromatic amines is 1. The minimum atomic E-state index is -0.537. The fourth-order valence-corrected chi connectivity index (χ4v) is 3.68. The molecule has 1 aliphatic heterocycles. The van der Waals surface area contributed by atoms with Crippen LogP contribution in [0.2, 0.25) is 0 Å². The summed E-state index contributed by atoms with van der Waals surface area (Å²) >= 11 is 0. The van der Waals surface area contributed by atoms with E-state index < -0.39 is 11.2 Å². The summed E-state index contributed by atoms with van der Waals surface area (Å²) < 4.78 is 14.2. The maximum Gasteiger partial charge on any atom is 0.329 e. The summed E-state index contributed by atoms with van der Waals surface area (Å²) in [5, 5.41) is 0.342. The van der Waals surface area contributed by atoms with Crippen LogP contribution in [0.25, 0.3) is 10.9 Å². The molecule has 1 saturated heterocycles. The number of hydrogen-bond donors (Lipinski definition) is 1. The van der Waals surface area contributed by atoms with Gasteiger partial charge < -0.3 is 14.8 Å². The van der Waals surface area contributed by atoms with E-state index in [-0.39, 0.29) is 18.3 Å². The van der Waals surface area contributed by atoms with E-state index in [2.05, 4.69) is 16.5 Å². The Morgan fingerprint density at radius 1 is 1.07 bits per heavy atom. The molecule has 1 N–H and O–H groups in total. The Hall–Kier alpha value is -3.68. The summed E-state index contributed by atoms with van der Waals surface area (Å²) in [6, 6.07) is 11.0. The van der Waals surface area contributed by atoms with Crippen LogP contribution in [0.5, 0.6) is 0 Å². The number of anilines is 1. The van der Waals surface area contributed by atoms with E-state index in [0.717, 1.165) is 10.3 Å². The summed E-state index contributed by atoms with van der Waals surface area (Å²) in [4.78, 5) is 44.1. The fourth-order valence-electron chi connectivity index (χ4n) is 3.68. The number of carbonyl (C=O) groups is 1. The number of H-pyrrole nitrogens is 1. The Morgan fingerprint density at radius 2 is 1.77 bits per heavy atom. The average Bonchev–Trinajstić information content (AvgIpc) is 2.76. The second-order valence-corrected chi connectivity index (χ2v) is 7.15. The number of aromatic nitrogens is 2. The molecular weight excluding hydrogens is 387 g/mol. The first-order chi connectivity index (χ1) is 14.5. The van der Waals surface area contributed by atoms with Gasteiger partial charge >= 0.3 is 5.69 Å². The van der Waals surface area contributed by atoms with Crippen molar-refractivity contribution in [2.24, 2.45) is 0 Å². The molecule has 154 valence electrons. The number of piperazine rings is 1. The predicted octanol–water partition coefficient (Wildman–Crippen LogP) is 1.98. The molecule has 1 aliphatic rings. The van der Waals surface area contributed by atoms with E-state index in [1.54, 1.807) is 35.2 Å². The number of carbonyl (C=O) groups excluding carboxylic acids is 1. The number of amides is 1. The Morgan fingerprint density at radius 3 is 2.43 bits per heavy atom. The molecule has 0 radical (unpaired) electrons. The summed E-state index contributed by atoms with van der Waals surface area (Å²) in [5.41, 5.74) is 0.711. The molecule has 2 heterocycles. The van der Waals surface area contributed by atoms with Gasteiger partial charge in [-0.3, -0.25) is 14.2 Å². The van der Waals surface area contributed by atoms with E-state index in [1.165, 1.54) is 18.2 Å². The van der Waals surface area contributed by atoms with Crippen molar-refractivity contribution in [1.82, 2.24) is 14.5 Å². The van der Waals surface area contributed by atoms with E-state index in [1.807, 2.05) is 0 Å². The quantitative estimate of drug-likeness (QED) is 0.670. The minimum absolute atomic E-state index is 0.114. The van der Waals surface area contributed by atoms with Gasteiger partial charge in [0.25, 0.3) is 11.5 Å². The van der Waals surface area contributed by atoms with Crippen molar-refractivity contribution in [2.75, 3.05) is 31.1 Å². The van der Waals surface area contributed by atoms with Crippen molar-refractivity contribution >= 4 is 22.5 Å². The molecule has 0 bridgehead atoms. The first-order valence-corrected chi connectivity index (χ1v) is 9.65. The maximum atomic E-state index is 13.1. The molecule has 7 nitrogen and oxygen atoms in total. The minimum Gasteiger partial charge on any atom is -0.368 e. The van der Waals surface area contributed by atoms with Gasteiger partial charge in [-0.2, -0.15) is 0 Å². The molecule has 0 spiro atoms. The highest BCUT2D eigenvalue weighted by atomic mass is 19.1. The van der Waals surface area contributed by atoms with Gasteiger partial charge in [0.05, 0.1) is 10.9 Å². The highest BCUT2D eigenvalue weighted by Gasteiger charge is 2.23. The Labute approximate surface area is 171 Å². The van der Waals surface area contributed by atoms with Crippen LogP contribution < -0.4 is 16.1 Å². The number of hydrogen-bond acceptors (Lipinski definition) is 4. The molecule has 0 unspecified atom stereocenters. The van der Waals surface area contributed by atoms with Crippen molar-refractivity contribution in [1.29, 1.82) is 0 Å². The third-order valence-corrected chi connectivity index (χ3v) is 5.30. The molecule has 4 rings (SSSR count). The normalized spacial score (nSPS) is 14.2. The predicted molar refractivity (Wildman–Crippen MR) is 114 cm³/mol. The van der Waals surface area contributed by atoms with E-state index >= 15 is 0 Å². The first kappa shape index (κ1) is 19.6. The van der Waals surface area contributed by atoms with Crippen LogP contribution >= 0.6 is 0 Å². The zero-order valence-corrected chi connectivity index (χ0v) is 16.3. The number of rotatable bonds is 4. The number of nitrogens with zero attached hydrogens (tertiary/aromatic N) is 3. The smallest absolute Gasteiger partial charge is 0.329 e. The van der Waals surface area contributed by atoms with Crippen molar-refractivity contribution in [3.05, 3.63) is 87.3 Å². The summed E-state index contributed by atoms with van der Waals surface area (Å²) in [7, 11) is 0. The lowest BCUT2D eigenvalue weighted by Crippen LogP contribution is -2.48. The summed E-state index contributed by atoms with van der Waals surface area (Å²) in [6.45, 7) is 5.97. The molecule has 3 aromatic rings. The Kier molecular flexibility index (Phi) is 5.22. The third kappa shape index (κ3) is 3.63. The summed E-state index contributed by atoms with van der Waals surface area (Å²) in [5.74, 6) is -0.440. The fraction of sp³-hybridized carbons (Fsp3) is 0.227. The van der Waals surface area contributed by atoms with Gasteiger partial charge in [-0.1, -0.05) is 6.08 Å². The lowest BCUT2D eigenvalue weighted by atomic mass is 10.1. The highest BCUT2D eigenvalue weighted by molar-refractivity contribution is 5.97. The molecule has 0 aliphatic carbocycles. The molecule has 8 heteroatoms. The molecule has 1 aromatic heterocycles. The van der Waals surface area contributed by atoms with E-state index in [9.17, 15) is 18.8 Å². The van der Waals surface area contributed by atoms with Gasteiger partial charge in [-0.25, -0.2) is 9.18 Å². The number of halogens is 1. The SMILES string of the molecule is C=CCn1c(=O)[nH]c2cc(C(=O)N3CCN(c4ccc(F)cc4)CC3)ccc2c1=O. The van der Waals surface area contributed by atoms with E-state index in [4.69, 9.17) is 0 Å². The van der Waals surface area contributed by atoms with Crippen molar-refractivity contribution in [3.8, 4) is 0 Å². The number of fused-ring (bicyclic) bond motifs is 1. The summed E-state index contributed by atoms with van der Waals surface area (Å²) in [6.07, 6.45) is 1.48. The molecule has 1 fully saturated rings. The van der Waals surface area contributed by atoms with Crippen LogP contribution in [-0.2, 0) is 6.54 Å². The van der Waals surface area contributed by atoms with Gasteiger partial charge in [0.15, 0.2) is 0 Å². The second kappa shape index (κ2) is 7.98. The van der Waals surface area contributed by atoms with Crippen LogP contribution in [-0.4, -0.2) is 46.5 Å². The van der Waals surface area contributed by atoms with Gasteiger partial charge in [-0.15, -0.1) is 6.58 Å². The second-order valence-electron chi connectivity index (χ2n) is 7.15. The Bertz CT molecular complexity index is 1220. The van der Waals surface area contributed by atoms with Gasteiger partial charge in [0.1, 0.15) is 5.82 Å². The van der Waals surface area contributed by atoms with Gasteiger partial charge in [0, 0.05) is 44.0 Å². The van der Waals surface area contributed by atoms with Crippen molar-refractivity contribution in [3.63, 3.8) is 0 Å². The van der Waals surface area contributed by atoms with Crippen LogP contribution in [0.1, 0.15) is 10.4 Å². The van der Waals surface area contributed by atoms with Gasteiger partial charge in [0.2, 0.25) is 0 Å². The molecule has 2 aromatic carbocycles. The Balaban J connectivity index is 1.53. The van der Waals surface area contributed by atoms with E-state index in [0.29, 0.717) is 42.6 Å². The standard InChI is InChI=1S/C22H21FN4O3/c1-2-9-27-21(29)18-8-3-15(14-19(18)24-22(27)30)20(28)26-12-10-25(11-13-26)17-6-4-16(23)5-7-17/h2-8,14H,1,9-13H2,(H,24,30). The zero-order valence-electron chi connectivity index (χ0n) is 16.3. The molecule has 1 amide bonds. The molecular formula is C22H21FN4O3. The number of benzene rings is 2. The van der Waals surface area contributed by atoms with Crippen molar-refractivity contribution < 1.29 is 9.18 Å². The lowest BCUT2D eigenvalue weighted by molar-refractivity contribution is 0.0747.